The fraction of sp³-hybridized carbons (Fsp3) is 0.538. The van der Waals surface area contributed by atoms with Crippen molar-refractivity contribution in [3.63, 3.8) is 0 Å². The number of aliphatic hydroxyl groups is 2. The molecule has 1 atom stereocenters. The molecule has 4 heteroatoms. The first-order valence-corrected chi connectivity index (χ1v) is 5.71. The largest absolute Gasteiger partial charge is 0.396 e. The minimum absolute atomic E-state index is 0. The summed E-state index contributed by atoms with van der Waals surface area (Å²) >= 11 is 0. The summed E-state index contributed by atoms with van der Waals surface area (Å²) < 4.78 is 0. The van der Waals surface area contributed by atoms with Gasteiger partial charge in [-0.1, -0.05) is 30.3 Å². The maximum atomic E-state index is 9.22. The maximum absolute atomic E-state index is 9.22. The fourth-order valence-corrected chi connectivity index (χ4v) is 2.28. The van der Waals surface area contributed by atoms with E-state index in [0.717, 1.165) is 13.1 Å². The van der Waals surface area contributed by atoms with E-state index in [9.17, 15) is 10.2 Å². The molecule has 2 rings (SSSR count). The Labute approximate surface area is 108 Å². The molecule has 3 nitrogen and oxygen atoms in total. The van der Waals surface area contributed by atoms with Gasteiger partial charge in [0.15, 0.2) is 0 Å². The van der Waals surface area contributed by atoms with Crippen molar-refractivity contribution < 1.29 is 10.2 Å². The minimum atomic E-state index is -0.275. The molecule has 0 saturated carbocycles. The Morgan fingerprint density at radius 3 is 2.18 bits per heavy atom. The van der Waals surface area contributed by atoms with Gasteiger partial charge in [0.25, 0.3) is 0 Å². The van der Waals surface area contributed by atoms with Crippen LogP contribution in [-0.4, -0.2) is 41.4 Å². The van der Waals surface area contributed by atoms with Crippen molar-refractivity contribution in [3.8, 4) is 0 Å². The number of hydrogen-bond donors (Lipinski definition) is 2. The molecular weight excluding hydrogens is 238 g/mol. The third kappa shape index (κ3) is 2.80. The highest BCUT2D eigenvalue weighted by Crippen LogP contribution is 2.35. The van der Waals surface area contributed by atoms with Crippen LogP contribution in [0.15, 0.2) is 30.3 Å². The molecule has 0 amide bonds. The number of halogens is 1. The summed E-state index contributed by atoms with van der Waals surface area (Å²) in [4.78, 5) is 2.28. The number of hydrogen-bond acceptors (Lipinski definition) is 3. The van der Waals surface area contributed by atoms with E-state index in [1.165, 1.54) is 5.56 Å². The first-order chi connectivity index (χ1) is 7.71. The molecule has 1 aromatic rings. The van der Waals surface area contributed by atoms with E-state index >= 15 is 0 Å². The van der Waals surface area contributed by atoms with E-state index < -0.39 is 0 Å². The van der Waals surface area contributed by atoms with Gasteiger partial charge >= 0.3 is 0 Å². The van der Waals surface area contributed by atoms with Gasteiger partial charge in [-0.2, -0.15) is 0 Å². The lowest BCUT2D eigenvalue weighted by Gasteiger charge is -2.51. The topological polar surface area (TPSA) is 43.7 Å². The summed E-state index contributed by atoms with van der Waals surface area (Å²) in [5.74, 6) is 0. The lowest BCUT2D eigenvalue weighted by atomic mass is 9.80. The van der Waals surface area contributed by atoms with Crippen molar-refractivity contribution in [2.75, 3.05) is 26.3 Å². The quantitative estimate of drug-likeness (QED) is 0.858. The molecule has 0 spiro atoms. The third-order valence-electron chi connectivity index (χ3n) is 3.58. The van der Waals surface area contributed by atoms with E-state index in [4.69, 9.17) is 0 Å². The Morgan fingerprint density at radius 1 is 1.18 bits per heavy atom. The van der Waals surface area contributed by atoms with E-state index in [1.54, 1.807) is 0 Å². The van der Waals surface area contributed by atoms with Crippen molar-refractivity contribution >= 4 is 12.4 Å². The summed E-state index contributed by atoms with van der Waals surface area (Å²) in [6.45, 7) is 3.85. The lowest BCUT2D eigenvalue weighted by Crippen LogP contribution is -2.60. The predicted octanol–water partition coefficient (Wildman–Crippen LogP) is 1.46. The molecule has 1 heterocycles. The van der Waals surface area contributed by atoms with Crippen molar-refractivity contribution in [3.05, 3.63) is 35.9 Å². The second-order valence-corrected chi connectivity index (χ2v) is 4.81. The average molecular weight is 258 g/mol. The van der Waals surface area contributed by atoms with Gasteiger partial charge < -0.3 is 10.2 Å². The molecule has 1 saturated heterocycles. The van der Waals surface area contributed by atoms with Crippen LogP contribution in [0.1, 0.15) is 18.5 Å². The fourth-order valence-electron chi connectivity index (χ4n) is 2.28. The number of benzene rings is 1. The van der Waals surface area contributed by atoms with Crippen LogP contribution in [0.5, 0.6) is 0 Å². The number of nitrogens with zero attached hydrogens (tertiary/aromatic N) is 1. The average Bonchev–Trinajstić information content (AvgIpc) is 2.30. The predicted molar refractivity (Wildman–Crippen MR) is 70.3 cm³/mol. The van der Waals surface area contributed by atoms with Gasteiger partial charge in [0.2, 0.25) is 0 Å². The summed E-state index contributed by atoms with van der Waals surface area (Å²) in [5.41, 5.74) is 1.01. The SMILES string of the molecule is CC(c1ccccc1)N1CC(CO)(CO)C1.Cl. The summed E-state index contributed by atoms with van der Waals surface area (Å²) in [5, 5.41) is 18.4. The second kappa shape index (κ2) is 5.83. The highest BCUT2D eigenvalue weighted by molar-refractivity contribution is 5.85. The third-order valence-corrected chi connectivity index (χ3v) is 3.58. The van der Waals surface area contributed by atoms with Gasteiger partial charge in [-0.15, -0.1) is 12.4 Å². The van der Waals surface area contributed by atoms with Crippen LogP contribution in [0.2, 0.25) is 0 Å². The van der Waals surface area contributed by atoms with E-state index in [1.807, 2.05) is 18.2 Å². The Balaban J connectivity index is 0.00000144. The first kappa shape index (κ1) is 14.5. The Kier molecular flexibility index (Phi) is 4.95. The molecule has 1 aromatic carbocycles. The molecule has 2 N–H and O–H groups in total. The van der Waals surface area contributed by atoms with Crippen molar-refractivity contribution in [1.82, 2.24) is 4.90 Å². The van der Waals surface area contributed by atoms with E-state index in [0.29, 0.717) is 6.04 Å². The van der Waals surface area contributed by atoms with E-state index in [-0.39, 0.29) is 31.0 Å². The van der Waals surface area contributed by atoms with Gasteiger partial charge in [0.1, 0.15) is 0 Å². The molecule has 96 valence electrons. The van der Waals surface area contributed by atoms with Gasteiger partial charge in [-0.3, -0.25) is 4.90 Å². The van der Waals surface area contributed by atoms with Crippen LogP contribution in [0, 0.1) is 5.41 Å². The van der Waals surface area contributed by atoms with Crippen LogP contribution in [0.4, 0.5) is 0 Å². The van der Waals surface area contributed by atoms with E-state index in [2.05, 4.69) is 24.0 Å². The molecule has 0 bridgehead atoms. The molecule has 1 fully saturated rings. The highest BCUT2D eigenvalue weighted by atomic mass is 35.5. The molecule has 17 heavy (non-hydrogen) atoms. The van der Waals surface area contributed by atoms with Gasteiger partial charge in [-0.25, -0.2) is 0 Å². The zero-order chi connectivity index (χ0) is 11.6. The first-order valence-electron chi connectivity index (χ1n) is 5.71. The van der Waals surface area contributed by atoms with Gasteiger partial charge in [0, 0.05) is 24.5 Å². The molecule has 1 unspecified atom stereocenters. The molecule has 0 aliphatic carbocycles. The molecule has 1 aliphatic heterocycles. The Bertz CT molecular complexity index is 333. The van der Waals surface area contributed by atoms with Crippen molar-refractivity contribution in [1.29, 1.82) is 0 Å². The lowest BCUT2D eigenvalue weighted by molar-refractivity contribution is -0.0915. The molecule has 1 aliphatic rings. The Hall–Kier alpha value is -0.610. The zero-order valence-corrected chi connectivity index (χ0v) is 10.9. The summed E-state index contributed by atoms with van der Waals surface area (Å²) in [7, 11) is 0. The Morgan fingerprint density at radius 2 is 1.71 bits per heavy atom. The van der Waals surface area contributed by atoms with Gasteiger partial charge in [0.05, 0.1) is 13.2 Å². The van der Waals surface area contributed by atoms with Crippen LogP contribution in [-0.2, 0) is 0 Å². The zero-order valence-electron chi connectivity index (χ0n) is 10.0. The summed E-state index contributed by atoms with van der Waals surface area (Å²) in [6, 6.07) is 10.7. The molecule has 0 aromatic heterocycles. The number of rotatable bonds is 4. The number of aliphatic hydroxyl groups excluding tert-OH is 2. The monoisotopic (exact) mass is 257 g/mol. The van der Waals surface area contributed by atoms with Crippen LogP contribution in [0.3, 0.4) is 0 Å². The van der Waals surface area contributed by atoms with Crippen molar-refractivity contribution in [2.45, 2.75) is 13.0 Å². The minimum Gasteiger partial charge on any atom is -0.396 e. The number of likely N-dealkylation sites (tertiary alicyclic amines) is 1. The maximum Gasteiger partial charge on any atom is 0.0534 e. The van der Waals surface area contributed by atoms with Gasteiger partial charge in [-0.05, 0) is 12.5 Å². The summed E-state index contributed by atoms with van der Waals surface area (Å²) in [6.07, 6.45) is 0. The van der Waals surface area contributed by atoms with Crippen LogP contribution in [0.25, 0.3) is 0 Å². The van der Waals surface area contributed by atoms with Crippen LogP contribution >= 0.6 is 12.4 Å². The highest BCUT2D eigenvalue weighted by Gasteiger charge is 2.43. The molecule has 0 radical (unpaired) electrons. The standard InChI is InChI=1S/C13H19NO2.ClH/c1-11(12-5-3-2-4-6-12)14-7-13(8-14,9-15)10-16;/h2-6,11,15-16H,7-10H2,1H3;1H. The smallest absolute Gasteiger partial charge is 0.0534 e. The second-order valence-electron chi connectivity index (χ2n) is 4.81. The normalized spacial score (nSPS) is 20.2. The van der Waals surface area contributed by atoms with Crippen LogP contribution < -0.4 is 0 Å². The van der Waals surface area contributed by atoms with Crippen molar-refractivity contribution in [2.24, 2.45) is 5.41 Å². The molecular formula is C13H20ClNO2.